The van der Waals surface area contributed by atoms with Crippen LogP contribution in [0.25, 0.3) is 0 Å². The number of nitro groups is 1. The molecule has 82 valence electrons. The predicted octanol–water partition coefficient (Wildman–Crippen LogP) is 2.93. The number of nitro benzene ring substituents is 1. The van der Waals surface area contributed by atoms with E-state index in [1.165, 1.54) is 6.07 Å². The van der Waals surface area contributed by atoms with Crippen LogP contribution in [0.15, 0.2) is 23.1 Å². The second-order valence-corrected chi connectivity index (χ2v) is 4.78. The molecule has 0 unspecified atom stereocenters. The fourth-order valence-electron chi connectivity index (χ4n) is 1.03. The molecule has 0 saturated heterocycles. The highest BCUT2D eigenvalue weighted by Gasteiger charge is 2.11. The first-order chi connectivity index (χ1) is 7.00. The lowest BCUT2D eigenvalue weighted by molar-refractivity contribution is -0.384. The van der Waals surface area contributed by atoms with Crippen LogP contribution in [0.3, 0.4) is 0 Å². The molecule has 1 rings (SSSR count). The molecule has 0 aliphatic rings. The van der Waals surface area contributed by atoms with Gasteiger partial charge in [-0.25, -0.2) is 0 Å². The molecule has 5 heteroatoms. The third kappa shape index (κ3) is 3.43. The van der Waals surface area contributed by atoms with Gasteiger partial charge >= 0.3 is 0 Å². The standard InChI is InChI=1S/C10H14N2O2S/c1-7(2)6-15-8-3-4-9(11)10(5-8)12(13)14/h3-5,7H,6,11H2,1-2H3. The normalized spacial score (nSPS) is 10.6. The van der Waals surface area contributed by atoms with Crippen LogP contribution >= 0.6 is 11.8 Å². The summed E-state index contributed by atoms with van der Waals surface area (Å²) >= 11 is 1.61. The van der Waals surface area contributed by atoms with Gasteiger partial charge in [0.15, 0.2) is 0 Å². The summed E-state index contributed by atoms with van der Waals surface area (Å²) in [6, 6.07) is 4.93. The maximum absolute atomic E-state index is 10.6. The Labute approximate surface area is 93.0 Å². The quantitative estimate of drug-likeness (QED) is 0.371. The predicted molar refractivity (Wildman–Crippen MR) is 63.1 cm³/mol. The minimum Gasteiger partial charge on any atom is -0.393 e. The number of nitrogen functional groups attached to an aromatic ring is 1. The minimum atomic E-state index is -0.450. The first kappa shape index (κ1) is 11.8. The number of hydrogen-bond acceptors (Lipinski definition) is 4. The molecule has 0 amide bonds. The summed E-state index contributed by atoms with van der Waals surface area (Å²) in [5.74, 6) is 1.51. The zero-order valence-electron chi connectivity index (χ0n) is 8.77. The fraction of sp³-hybridized carbons (Fsp3) is 0.400. The van der Waals surface area contributed by atoms with Crippen molar-refractivity contribution in [3.8, 4) is 0 Å². The summed E-state index contributed by atoms with van der Waals surface area (Å²) in [6.07, 6.45) is 0. The van der Waals surface area contributed by atoms with Gasteiger partial charge in [0.25, 0.3) is 5.69 Å². The number of nitrogens with two attached hydrogens (primary N) is 1. The third-order valence-corrected chi connectivity index (χ3v) is 3.20. The van der Waals surface area contributed by atoms with Gasteiger partial charge < -0.3 is 5.73 Å². The smallest absolute Gasteiger partial charge is 0.293 e. The number of rotatable bonds is 4. The molecule has 1 aromatic rings. The van der Waals surface area contributed by atoms with Gasteiger partial charge in [0.2, 0.25) is 0 Å². The summed E-state index contributed by atoms with van der Waals surface area (Å²) < 4.78 is 0. The van der Waals surface area contributed by atoms with Gasteiger partial charge in [-0.05, 0) is 18.1 Å². The molecule has 0 bridgehead atoms. The Morgan fingerprint density at radius 3 is 2.73 bits per heavy atom. The summed E-state index contributed by atoms with van der Waals surface area (Å²) in [5.41, 5.74) is 5.70. The highest BCUT2D eigenvalue weighted by Crippen LogP contribution is 2.28. The highest BCUT2D eigenvalue weighted by atomic mass is 32.2. The van der Waals surface area contributed by atoms with Crippen molar-refractivity contribution in [3.05, 3.63) is 28.3 Å². The first-order valence-corrected chi connectivity index (χ1v) is 5.66. The molecular weight excluding hydrogens is 212 g/mol. The molecule has 0 saturated carbocycles. The average Bonchev–Trinajstić information content (AvgIpc) is 2.16. The fourth-order valence-corrected chi connectivity index (χ4v) is 1.92. The molecule has 0 atom stereocenters. The number of anilines is 1. The van der Waals surface area contributed by atoms with Crippen LogP contribution in [0, 0.1) is 16.0 Å². The third-order valence-electron chi connectivity index (χ3n) is 1.78. The van der Waals surface area contributed by atoms with Crippen LogP contribution in [0.4, 0.5) is 11.4 Å². The minimum absolute atomic E-state index is 0.0104. The van der Waals surface area contributed by atoms with E-state index in [-0.39, 0.29) is 11.4 Å². The van der Waals surface area contributed by atoms with Crippen molar-refractivity contribution >= 4 is 23.1 Å². The van der Waals surface area contributed by atoms with Gasteiger partial charge in [-0.2, -0.15) is 0 Å². The van der Waals surface area contributed by atoms with Gasteiger partial charge in [-0.1, -0.05) is 13.8 Å². The molecule has 0 radical (unpaired) electrons. The highest BCUT2D eigenvalue weighted by molar-refractivity contribution is 7.99. The molecule has 0 aromatic heterocycles. The van der Waals surface area contributed by atoms with Crippen LogP contribution in [-0.2, 0) is 0 Å². The van der Waals surface area contributed by atoms with E-state index in [0.29, 0.717) is 5.92 Å². The van der Waals surface area contributed by atoms with Gasteiger partial charge in [-0.15, -0.1) is 11.8 Å². The van der Waals surface area contributed by atoms with Crippen LogP contribution in [0.1, 0.15) is 13.8 Å². The van der Waals surface area contributed by atoms with Crippen LogP contribution in [0.2, 0.25) is 0 Å². The van der Waals surface area contributed by atoms with E-state index < -0.39 is 4.92 Å². The summed E-state index contributed by atoms with van der Waals surface area (Å²) in [4.78, 5) is 11.1. The van der Waals surface area contributed by atoms with Crippen molar-refractivity contribution < 1.29 is 4.92 Å². The molecule has 0 aliphatic carbocycles. The molecule has 0 spiro atoms. The Hall–Kier alpha value is -1.23. The maximum atomic E-state index is 10.6. The van der Waals surface area contributed by atoms with E-state index in [1.807, 2.05) is 6.07 Å². The van der Waals surface area contributed by atoms with Gasteiger partial charge in [0.1, 0.15) is 5.69 Å². The summed E-state index contributed by atoms with van der Waals surface area (Å²) in [6.45, 7) is 4.22. The maximum Gasteiger partial charge on any atom is 0.293 e. The lowest BCUT2D eigenvalue weighted by atomic mass is 10.3. The first-order valence-electron chi connectivity index (χ1n) is 4.67. The Bertz CT molecular complexity index is 366. The van der Waals surface area contributed by atoms with E-state index in [1.54, 1.807) is 17.8 Å². The topological polar surface area (TPSA) is 69.2 Å². The van der Waals surface area contributed by atoms with Crippen molar-refractivity contribution in [3.63, 3.8) is 0 Å². The summed E-state index contributed by atoms with van der Waals surface area (Å²) in [5, 5.41) is 10.6. The monoisotopic (exact) mass is 226 g/mol. The SMILES string of the molecule is CC(C)CSc1ccc(N)c([N+](=O)[O-])c1. The molecule has 15 heavy (non-hydrogen) atoms. The van der Waals surface area contributed by atoms with Gasteiger partial charge in [-0.3, -0.25) is 10.1 Å². The molecule has 4 nitrogen and oxygen atoms in total. The molecule has 0 aliphatic heterocycles. The number of hydrogen-bond donors (Lipinski definition) is 1. The van der Waals surface area contributed by atoms with Crippen molar-refractivity contribution in [2.45, 2.75) is 18.7 Å². The molecular formula is C10H14N2O2S. The molecule has 2 N–H and O–H groups in total. The van der Waals surface area contributed by atoms with Crippen LogP contribution < -0.4 is 5.73 Å². The number of benzene rings is 1. The van der Waals surface area contributed by atoms with Crippen LogP contribution in [-0.4, -0.2) is 10.7 Å². The van der Waals surface area contributed by atoms with E-state index in [4.69, 9.17) is 5.73 Å². The second-order valence-electron chi connectivity index (χ2n) is 3.68. The van der Waals surface area contributed by atoms with Gasteiger partial charge in [0.05, 0.1) is 4.92 Å². The Balaban J connectivity index is 2.83. The van der Waals surface area contributed by atoms with Crippen molar-refractivity contribution in [2.75, 3.05) is 11.5 Å². The number of nitrogens with zero attached hydrogens (tertiary/aromatic N) is 1. The van der Waals surface area contributed by atoms with E-state index >= 15 is 0 Å². The van der Waals surface area contributed by atoms with Crippen molar-refractivity contribution in [2.24, 2.45) is 5.92 Å². The Morgan fingerprint density at radius 2 is 2.20 bits per heavy atom. The Morgan fingerprint density at radius 1 is 1.53 bits per heavy atom. The second kappa shape index (κ2) is 5.02. The van der Waals surface area contributed by atoms with Crippen molar-refractivity contribution in [1.82, 2.24) is 0 Å². The average molecular weight is 226 g/mol. The zero-order chi connectivity index (χ0) is 11.4. The van der Waals surface area contributed by atoms with E-state index in [2.05, 4.69) is 13.8 Å². The lowest BCUT2D eigenvalue weighted by Crippen LogP contribution is -1.96. The largest absolute Gasteiger partial charge is 0.393 e. The van der Waals surface area contributed by atoms with E-state index in [0.717, 1.165) is 10.6 Å². The molecule has 1 aromatic carbocycles. The number of thioether (sulfide) groups is 1. The molecule has 0 fully saturated rings. The zero-order valence-corrected chi connectivity index (χ0v) is 9.58. The molecule has 0 heterocycles. The Kier molecular flexibility index (Phi) is 3.96. The lowest BCUT2D eigenvalue weighted by Gasteiger charge is -2.05. The van der Waals surface area contributed by atoms with Gasteiger partial charge in [0, 0.05) is 16.7 Å². The van der Waals surface area contributed by atoms with Crippen molar-refractivity contribution in [1.29, 1.82) is 0 Å². The summed E-state index contributed by atoms with van der Waals surface area (Å²) in [7, 11) is 0. The van der Waals surface area contributed by atoms with E-state index in [9.17, 15) is 10.1 Å². The van der Waals surface area contributed by atoms with Crippen LogP contribution in [0.5, 0.6) is 0 Å².